The van der Waals surface area contributed by atoms with E-state index in [4.69, 9.17) is 10.2 Å². The molecule has 0 aliphatic carbocycles. The van der Waals surface area contributed by atoms with Crippen molar-refractivity contribution in [1.82, 2.24) is 5.43 Å². The van der Waals surface area contributed by atoms with Crippen LogP contribution in [0.5, 0.6) is 11.5 Å². The molecule has 0 saturated carbocycles. The highest BCUT2D eigenvalue weighted by Gasteiger charge is 2.04. The fraction of sp³-hybridized carbons (Fsp3) is 0.125. The molecule has 0 atom stereocenters. The summed E-state index contributed by atoms with van der Waals surface area (Å²) >= 11 is 3.28. The summed E-state index contributed by atoms with van der Waals surface area (Å²) in [6.45, 7) is 1.93. The van der Waals surface area contributed by atoms with E-state index in [1.807, 2.05) is 0 Å². The minimum Gasteiger partial charge on any atom is -0.508 e. The second-order valence-electron chi connectivity index (χ2n) is 4.27. The Morgan fingerprint density at radius 2 is 1.83 bits per heavy atom. The van der Waals surface area contributed by atoms with Crippen molar-refractivity contribution in [3.63, 3.8) is 0 Å². The van der Waals surface area contributed by atoms with E-state index in [2.05, 4.69) is 26.5 Å². The Balaban J connectivity index is 0.000000816. The van der Waals surface area contributed by atoms with E-state index in [0.29, 0.717) is 11.1 Å². The summed E-state index contributed by atoms with van der Waals surface area (Å²) in [5, 5.41) is 30.1. The van der Waals surface area contributed by atoms with Gasteiger partial charge in [0.2, 0.25) is 0 Å². The zero-order chi connectivity index (χ0) is 17.2. The van der Waals surface area contributed by atoms with Crippen LogP contribution in [-0.2, 0) is 0 Å². The predicted molar refractivity (Wildman–Crippen MR) is 91.7 cm³/mol. The van der Waals surface area contributed by atoms with Crippen molar-refractivity contribution in [2.45, 2.75) is 6.92 Å². The average molecular weight is 381 g/mol. The third-order valence-corrected chi connectivity index (χ3v) is 2.98. The highest BCUT2D eigenvalue weighted by atomic mass is 79.9. The maximum absolute atomic E-state index is 11.7. The molecule has 0 radical (unpaired) electrons. The summed E-state index contributed by atoms with van der Waals surface area (Å²) in [5.74, 6) is -0.254. The molecule has 0 bridgehead atoms. The summed E-state index contributed by atoms with van der Waals surface area (Å²) in [7, 11) is 0. The molecule has 0 fully saturated rings. The Morgan fingerprint density at radius 3 is 2.43 bits per heavy atom. The van der Waals surface area contributed by atoms with Gasteiger partial charge in [0.05, 0.1) is 6.21 Å². The third-order valence-electron chi connectivity index (χ3n) is 2.49. The second-order valence-corrected chi connectivity index (χ2v) is 5.18. The number of hydrazone groups is 1. The summed E-state index contributed by atoms with van der Waals surface area (Å²) in [5.41, 5.74) is 3.19. The lowest BCUT2D eigenvalue weighted by Gasteiger charge is -2.01. The van der Waals surface area contributed by atoms with Gasteiger partial charge in [-0.05, 0) is 49.4 Å². The number of carbonyl (C=O) groups excluding carboxylic acids is 1. The second kappa shape index (κ2) is 9.60. The number of carbonyl (C=O) groups is 1. The number of aromatic hydroxyl groups is 2. The lowest BCUT2D eigenvalue weighted by Crippen LogP contribution is -2.17. The van der Waals surface area contributed by atoms with Crippen LogP contribution in [0, 0.1) is 0 Å². The van der Waals surface area contributed by atoms with Gasteiger partial charge in [-0.1, -0.05) is 15.9 Å². The molecule has 0 aliphatic rings. The number of hydrogen-bond donors (Lipinski definition) is 4. The Labute approximate surface area is 142 Å². The number of benzene rings is 2. The molecule has 2 rings (SSSR count). The molecular weight excluding hydrogens is 364 g/mol. The third kappa shape index (κ3) is 6.50. The molecule has 7 heteroatoms. The van der Waals surface area contributed by atoms with Crippen molar-refractivity contribution in [3.05, 3.63) is 58.1 Å². The first-order valence-corrected chi connectivity index (χ1v) is 7.49. The van der Waals surface area contributed by atoms with Crippen LogP contribution in [0.3, 0.4) is 0 Å². The van der Waals surface area contributed by atoms with Crippen molar-refractivity contribution < 1.29 is 20.1 Å². The standard InChI is InChI=1S/C14H11BrN2O3.C2H6O/c15-11-3-6-13(19)10(7-11)8-16-17-14(20)9-1-4-12(18)5-2-9;1-2-3/h1-8,18-19H,(H,17,20);3H,2H2,1H3/b16-8+;. The van der Waals surface area contributed by atoms with Gasteiger partial charge in [0.25, 0.3) is 5.91 Å². The number of amides is 1. The van der Waals surface area contributed by atoms with E-state index in [1.54, 1.807) is 19.1 Å². The summed E-state index contributed by atoms with van der Waals surface area (Å²) < 4.78 is 0.793. The van der Waals surface area contributed by atoms with Crippen LogP contribution in [-0.4, -0.2) is 34.0 Å². The van der Waals surface area contributed by atoms with Gasteiger partial charge in [-0.15, -0.1) is 0 Å². The van der Waals surface area contributed by atoms with Crippen LogP contribution in [0.25, 0.3) is 0 Å². The fourth-order valence-electron chi connectivity index (χ4n) is 1.47. The van der Waals surface area contributed by atoms with Crippen molar-refractivity contribution in [3.8, 4) is 11.5 Å². The van der Waals surface area contributed by atoms with Crippen LogP contribution >= 0.6 is 15.9 Å². The number of aliphatic hydroxyl groups is 1. The topological polar surface area (TPSA) is 102 Å². The van der Waals surface area contributed by atoms with Gasteiger partial charge < -0.3 is 15.3 Å². The SMILES string of the molecule is CCO.O=C(N/N=C/c1cc(Br)ccc1O)c1ccc(O)cc1. The van der Waals surface area contributed by atoms with E-state index >= 15 is 0 Å². The number of phenols is 2. The number of phenolic OH excluding ortho intramolecular Hbond substituents is 2. The Hall–Kier alpha value is -2.38. The van der Waals surface area contributed by atoms with Crippen molar-refractivity contribution in [2.24, 2.45) is 5.10 Å². The fourth-order valence-corrected chi connectivity index (χ4v) is 1.85. The van der Waals surface area contributed by atoms with Crippen molar-refractivity contribution in [1.29, 1.82) is 0 Å². The number of nitrogens with one attached hydrogen (secondary N) is 1. The monoisotopic (exact) mass is 380 g/mol. The predicted octanol–water partition coefficient (Wildman–Crippen LogP) is 2.62. The number of nitrogens with zero attached hydrogens (tertiary/aromatic N) is 1. The molecule has 0 heterocycles. The van der Waals surface area contributed by atoms with Gasteiger partial charge in [0.15, 0.2) is 0 Å². The van der Waals surface area contributed by atoms with E-state index in [1.165, 1.54) is 36.5 Å². The lowest BCUT2D eigenvalue weighted by molar-refractivity contribution is 0.0955. The number of aliphatic hydroxyl groups excluding tert-OH is 1. The van der Waals surface area contributed by atoms with Gasteiger partial charge in [-0.2, -0.15) is 5.10 Å². The van der Waals surface area contributed by atoms with Gasteiger partial charge in [-0.3, -0.25) is 4.79 Å². The van der Waals surface area contributed by atoms with Gasteiger partial charge >= 0.3 is 0 Å². The zero-order valence-electron chi connectivity index (χ0n) is 12.4. The molecule has 0 saturated heterocycles. The highest BCUT2D eigenvalue weighted by molar-refractivity contribution is 9.10. The molecule has 0 spiro atoms. The molecule has 122 valence electrons. The quantitative estimate of drug-likeness (QED) is 0.485. The largest absolute Gasteiger partial charge is 0.508 e. The van der Waals surface area contributed by atoms with Crippen LogP contribution in [0.15, 0.2) is 52.0 Å². The van der Waals surface area contributed by atoms with Crippen LogP contribution < -0.4 is 5.43 Å². The van der Waals surface area contributed by atoms with Crippen molar-refractivity contribution in [2.75, 3.05) is 6.61 Å². The van der Waals surface area contributed by atoms with E-state index in [-0.39, 0.29) is 18.1 Å². The Kier molecular flexibility index (Phi) is 7.79. The molecule has 6 nitrogen and oxygen atoms in total. The Bertz CT molecular complexity index is 672. The van der Waals surface area contributed by atoms with Gasteiger partial charge in [0.1, 0.15) is 11.5 Å². The molecule has 2 aromatic carbocycles. The van der Waals surface area contributed by atoms with Crippen molar-refractivity contribution >= 4 is 28.1 Å². The molecule has 0 aromatic heterocycles. The lowest BCUT2D eigenvalue weighted by atomic mass is 10.2. The Morgan fingerprint density at radius 1 is 1.22 bits per heavy atom. The molecular formula is C16H17BrN2O4. The summed E-state index contributed by atoms with van der Waals surface area (Å²) in [4.78, 5) is 11.7. The molecule has 0 aliphatic heterocycles. The molecule has 23 heavy (non-hydrogen) atoms. The van der Waals surface area contributed by atoms with Crippen LogP contribution in [0.4, 0.5) is 0 Å². The van der Waals surface area contributed by atoms with E-state index in [9.17, 15) is 9.90 Å². The number of hydrogen-bond acceptors (Lipinski definition) is 5. The maximum atomic E-state index is 11.7. The minimum absolute atomic E-state index is 0.0656. The van der Waals surface area contributed by atoms with Crippen LogP contribution in [0.2, 0.25) is 0 Å². The summed E-state index contributed by atoms with van der Waals surface area (Å²) in [6.07, 6.45) is 1.35. The molecule has 4 N–H and O–H groups in total. The zero-order valence-corrected chi connectivity index (χ0v) is 14.0. The number of halogens is 1. The normalized spacial score (nSPS) is 10.0. The maximum Gasteiger partial charge on any atom is 0.271 e. The first-order chi connectivity index (χ1) is 11.0. The minimum atomic E-state index is -0.407. The molecule has 0 unspecified atom stereocenters. The summed E-state index contributed by atoms with van der Waals surface area (Å²) in [6, 6.07) is 10.7. The van der Waals surface area contributed by atoms with Gasteiger partial charge in [0, 0.05) is 22.2 Å². The number of rotatable bonds is 3. The van der Waals surface area contributed by atoms with E-state index in [0.717, 1.165) is 4.47 Å². The smallest absolute Gasteiger partial charge is 0.271 e. The molecule has 2 aromatic rings. The first-order valence-electron chi connectivity index (χ1n) is 6.69. The van der Waals surface area contributed by atoms with E-state index < -0.39 is 5.91 Å². The van der Waals surface area contributed by atoms with Crippen LogP contribution in [0.1, 0.15) is 22.8 Å². The average Bonchev–Trinajstić information content (AvgIpc) is 2.52. The first kappa shape index (κ1) is 18.7. The highest BCUT2D eigenvalue weighted by Crippen LogP contribution is 2.19. The van der Waals surface area contributed by atoms with Gasteiger partial charge in [-0.25, -0.2) is 5.43 Å². The molecule has 1 amide bonds.